The Bertz CT molecular complexity index is 437. The first-order valence-electron chi connectivity index (χ1n) is 5.02. The molecular formula is C12H14N2. The van der Waals surface area contributed by atoms with Crippen LogP contribution in [-0.2, 0) is 0 Å². The lowest BCUT2D eigenvalue weighted by atomic mass is 9.98. The summed E-state index contributed by atoms with van der Waals surface area (Å²) in [7, 11) is 0. The number of fused-ring (bicyclic) bond motifs is 1. The highest BCUT2D eigenvalue weighted by Gasteiger charge is 2.03. The molecule has 0 fully saturated rings. The van der Waals surface area contributed by atoms with E-state index >= 15 is 0 Å². The maximum absolute atomic E-state index is 4.30. The predicted molar refractivity (Wildman–Crippen MR) is 58.2 cm³/mol. The Morgan fingerprint density at radius 1 is 1.14 bits per heavy atom. The molecule has 0 N–H and O–H groups in total. The minimum absolute atomic E-state index is 0.599. The summed E-state index contributed by atoms with van der Waals surface area (Å²) in [4.78, 5) is 8.54. The van der Waals surface area contributed by atoms with E-state index in [1.165, 1.54) is 5.56 Å². The molecule has 2 heteroatoms. The van der Waals surface area contributed by atoms with Gasteiger partial charge in [0.2, 0.25) is 0 Å². The van der Waals surface area contributed by atoms with Crippen molar-refractivity contribution in [2.24, 2.45) is 0 Å². The van der Waals surface area contributed by atoms with Crippen LogP contribution in [0, 0.1) is 0 Å². The van der Waals surface area contributed by atoms with Gasteiger partial charge in [-0.3, -0.25) is 9.97 Å². The third-order valence-corrected chi connectivity index (χ3v) is 2.67. The van der Waals surface area contributed by atoms with Crippen molar-refractivity contribution in [2.45, 2.75) is 26.2 Å². The molecule has 2 nitrogen and oxygen atoms in total. The summed E-state index contributed by atoms with van der Waals surface area (Å²) in [5.74, 6) is 0.599. The summed E-state index contributed by atoms with van der Waals surface area (Å²) < 4.78 is 0. The molecule has 2 aromatic rings. The normalized spacial score (nSPS) is 13.0. The van der Waals surface area contributed by atoms with E-state index < -0.39 is 0 Å². The fraction of sp³-hybridized carbons (Fsp3) is 0.333. The highest BCUT2D eigenvalue weighted by atomic mass is 14.8. The third-order valence-electron chi connectivity index (χ3n) is 2.67. The fourth-order valence-electron chi connectivity index (χ4n) is 1.52. The molecule has 72 valence electrons. The highest BCUT2D eigenvalue weighted by molar-refractivity contribution is 5.74. The third kappa shape index (κ3) is 1.60. The Balaban J connectivity index is 2.51. The standard InChI is InChI=1S/C12H14N2/c1-3-9(2)10-4-5-11-12(8-10)14-7-6-13-11/h4-9H,3H2,1-2H3. The number of hydrogen-bond acceptors (Lipinski definition) is 2. The second-order valence-corrected chi connectivity index (χ2v) is 3.61. The van der Waals surface area contributed by atoms with Crippen molar-refractivity contribution < 1.29 is 0 Å². The molecule has 0 spiro atoms. The number of aromatic nitrogens is 2. The molecule has 0 aliphatic carbocycles. The molecule has 1 unspecified atom stereocenters. The van der Waals surface area contributed by atoms with E-state index in [1.54, 1.807) is 12.4 Å². The zero-order valence-corrected chi connectivity index (χ0v) is 8.57. The Labute approximate surface area is 84.0 Å². The van der Waals surface area contributed by atoms with Gasteiger partial charge in [-0.2, -0.15) is 0 Å². The van der Waals surface area contributed by atoms with Crippen molar-refractivity contribution in [2.75, 3.05) is 0 Å². The first-order chi connectivity index (χ1) is 6.81. The molecular weight excluding hydrogens is 172 g/mol. The Kier molecular flexibility index (Phi) is 2.44. The van der Waals surface area contributed by atoms with Crippen molar-refractivity contribution in [3.63, 3.8) is 0 Å². The average Bonchev–Trinajstić information content (AvgIpc) is 2.27. The zero-order chi connectivity index (χ0) is 9.97. The molecule has 1 atom stereocenters. The summed E-state index contributed by atoms with van der Waals surface area (Å²) >= 11 is 0. The van der Waals surface area contributed by atoms with Gasteiger partial charge < -0.3 is 0 Å². The van der Waals surface area contributed by atoms with Gasteiger partial charge in [-0.1, -0.05) is 19.9 Å². The van der Waals surface area contributed by atoms with Crippen molar-refractivity contribution in [3.05, 3.63) is 36.2 Å². The molecule has 14 heavy (non-hydrogen) atoms. The Morgan fingerprint density at radius 2 is 1.86 bits per heavy atom. The molecule has 2 rings (SSSR count). The number of rotatable bonds is 2. The number of benzene rings is 1. The van der Waals surface area contributed by atoms with Crippen molar-refractivity contribution >= 4 is 11.0 Å². The van der Waals surface area contributed by atoms with Gasteiger partial charge in [0.1, 0.15) is 0 Å². The highest BCUT2D eigenvalue weighted by Crippen LogP contribution is 2.21. The van der Waals surface area contributed by atoms with Gasteiger partial charge in [0.05, 0.1) is 11.0 Å². The van der Waals surface area contributed by atoms with Crippen LogP contribution in [0.4, 0.5) is 0 Å². The minimum Gasteiger partial charge on any atom is -0.253 e. The van der Waals surface area contributed by atoms with Crippen LogP contribution in [0.3, 0.4) is 0 Å². The average molecular weight is 186 g/mol. The van der Waals surface area contributed by atoms with E-state index in [0.29, 0.717) is 5.92 Å². The van der Waals surface area contributed by atoms with Crippen LogP contribution in [0.5, 0.6) is 0 Å². The van der Waals surface area contributed by atoms with Crippen LogP contribution >= 0.6 is 0 Å². The first-order valence-corrected chi connectivity index (χ1v) is 5.02. The van der Waals surface area contributed by atoms with Crippen molar-refractivity contribution in [1.29, 1.82) is 0 Å². The molecule has 1 aromatic heterocycles. The van der Waals surface area contributed by atoms with Gasteiger partial charge in [-0.05, 0) is 30.0 Å². The lowest BCUT2D eigenvalue weighted by Crippen LogP contribution is -1.92. The molecule has 0 saturated carbocycles. The van der Waals surface area contributed by atoms with E-state index in [2.05, 4.69) is 35.9 Å². The molecule has 0 aliphatic heterocycles. The SMILES string of the molecule is CCC(C)c1ccc2nccnc2c1. The lowest BCUT2D eigenvalue weighted by molar-refractivity contribution is 0.734. The van der Waals surface area contributed by atoms with Crippen LogP contribution in [0.1, 0.15) is 31.7 Å². The summed E-state index contributed by atoms with van der Waals surface area (Å²) in [6.45, 7) is 4.43. The summed E-state index contributed by atoms with van der Waals surface area (Å²) in [6, 6.07) is 6.32. The van der Waals surface area contributed by atoms with Crippen LogP contribution in [-0.4, -0.2) is 9.97 Å². The largest absolute Gasteiger partial charge is 0.253 e. The van der Waals surface area contributed by atoms with Crippen LogP contribution in [0.2, 0.25) is 0 Å². The molecule has 1 aromatic carbocycles. The van der Waals surface area contributed by atoms with Crippen LogP contribution < -0.4 is 0 Å². The quantitative estimate of drug-likeness (QED) is 0.720. The number of hydrogen-bond donors (Lipinski definition) is 0. The second kappa shape index (κ2) is 3.74. The predicted octanol–water partition coefficient (Wildman–Crippen LogP) is 3.14. The van der Waals surface area contributed by atoms with Crippen molar-refractivity contribution in [1.82, 2.24) is 9.97 Å². The fourth-order valence-corrected chi connectivity index (χ4v) is 1.52. The number of nitrogens with zero attached hydrogens (tertiary/aromatic N) is 2. The molecule has 0 aliphatic rings. The zero-order valence-electron chi connectivity index (χ0n) is 8.57. The van der Waals surface area contributed by atoms with E-state index in [9.17, 15) is 0 Å². The van der Waals surface area contributed by atoms with E-state index in [0.717, 1.165) is 17.5 Å². The monoisotopic (exact) mass is 186 g/mol. The van der Waals surface area contributed by atoms with Gasteiger partial charge in [-0.15, -0.1) is 0 Å². The van der Waals surface area contributed by atoms with Crippen molar-refractivity contribution in [3.8, 4) is 0 Å². The first kappa shape index (κ1) is 9.13. The maximum atomic E-state index is 4.30. The summed E-state index contributed by atoms with van der Waals surface area (Å²) in [5, 5.41) is 0. The van der Waals surface area contributed by atoms with Crippen LogP contribution in [0.25, 0.3) is 11.0 Å². The molecule has 0 radical (unpaired) electrons. The van der Waals surface area contributed by atoms with Gasteiger partial charge in [-0.25, -0.2) is 0 Å². The molecule has 0 bridgehead atoms. The molecule has 1 heterocycles. The maximum Gasteiger partial charge on any atom is 0.0889 e. The van der Waals surface area contributed by atoms with E-state index in [-0.39, 0.29) is 0 Å². The Hall–Kier alpha value is -1.44. The van der Waals surface area contributed by atoms with Crippen LogP contribution in [0.15, 0.2) is 30.6 Å². The summed E-state index contributed by atoms with van der Waals surface area (Å²) in [5.41, 5.74) is 3.31. The second-order valence-electron chi connectivity index (χ2n) is 3.61. The van der Waals surface area contributed by atoms with Gasteiger partial charge in [0.15, 0.2) is 0 Å². The van der Waals surface area contributed by atoms with E-state index in [4.69, 9.17) is 0 Å². The van der Waals surface area contributed by atoms with Gasteiger partial charge >= 0.3 is 0 Å². The van der Waals surface area contributed by atoms with E-state index in [1.807, 2.05) is 6.07 Å². The smallest absolute Gasteiger partial charge is 0.0889 e. The Morgan fingerprint density at radius 3 is 2.57 bits per heavy atom. The minimum atomic E-state index is 0.599. The van der Waals surface area contributed by atoms with Gasteiger partial charge in [0.25, 0.3) is 0 Å². The topological polar surface area (TPSA) is 25.8 Å². The summed E-state index contributed by atoms with van der Waals surface area (Å²) in [6.07, 6.45) is 4.62. The van der Waals surface area contributed by atoms with Gasteiger partial charge in [0, 0.05) is 12.4 Å². The molecule has 0 amide bonds. The molecule has 0 saturated heterocycles. The lowest BCUT2D eigenvalue weighted by Gasteiger charge is -2.08.